The lowest BCUT2D eigenvalue weighted by Gasteiger charge is -2.21. The van der Waals surface area contributed by atoms with Crippen molar-refractivity contribution >= 4 is 17.9 Å². The van der Waals surface area contributed by atoms with Gasteiger partial charge in [0, 0.05) is 39.1 Å². The molecule has 0 aromatic rings. The number of hydrogen-bond donors (Lipinski definition) is 3. The smallest absolute Gasteiger partial charge is 0.326 e. The van der Waals surface area contributed by atoms with Crippen molar-refractivity contribution < 1.29 is 24.2 Å². The Kier molecular flexibility index (Phi) is 6.41. The van der Waals surface area contributed by atoms with Gasteiger partial charge in [-0.15, -0.1) is 0 Å². The van der Waals surface area contributed by atoms with Crippen LogP contribution < -0.4 is 10.6 Å². The van der Waals surface area contributed by atoms with Gasteiger partial charge >= 0.3 is 12.0 Å². The van der Waals surface area contributed by atoms with Crippen molar-refractivity contribution in [1.82, 2.24) is 15.5 Å². The first kappa shape index (κ1) is 17.2. The minimum Gasteiger partial charge on any atom is -0.480 e. The number of nitrogens with zero attached hydrogens (tertiary/aromatic N) is 1. The fourth-order valence-corrected chi connectivity index (χ4v) is 2.21. The number of hydrogen-bond acceptors (Lipinski definition) is 4. The number of methoxy groups -OCH3 is 1. The highest BCUT2D eigenvalue weighted by molar-refractivity contribution is 5.84. The average Bonchev–Trinajstić information content (AvgIpc) is 2.82. The molecule has 0 aromatic heterocycles. The number of aliphatic carboxylic acids is 1. The van der Waals surface area contributed by atoms with Gasteiger partial charge < -0.3 is 25.4 Å². The maximum Gasteiger partial charge on any atom is 0.326 e. The summed E-state index contributed by atoms with van der Waals surface area (Å²) in [4.78, 5) is 35.8. The molecule has 1 fully saturated rings. The second-order valence-electron chi connectivity index (χ2n) is 5.30. The summed E-state index contributed by atoms with van der Waals surface area (Å²) >= 11 is 0. The molecule has 1 saturated heterocycles. The highest BCUT2D eigenvalue weighted by atomic mass is 16.5. The molecule has 21 heavy (non-hydrogen) atoms. The van der Waals surface area contributed by atoms with Gasteiger partial charge in [-0.05, 0) is 13.8 Å². The molecular weight excluding hydrogens is 278 g/mol. The summed E-state index contributed by atoms with van der Waals surface area (Å²) in [5.74, 6) is -1.21. The molecule has 1 aliphatic rings. The van der Waals surface area contributed by atoms with E-state index in [0.717, 1.165) is 0 Å². The van der Waals surface area contributed by atoms with Gasteiger partial charge in [-0.2, -0.15) is 0 Å². The van der Waals surface area contributed by atoms with E-state index in [0.29, 0.717) is 0 Å². The molecule has 1 heterocycles. The van der Waals surface area contributed by atoms with Crippen molar-refractivity contribution in [2.24, 2.45) is 0 Å². The Hall–Kier alpha value is -1.83. The molecule has 0 bridgehead atoms. The highest BCUT2D eigenvalue weighted by Crippen LogP contribution is 2.20. The summed E-state index contributed by atoms with van der Waals surface area (Å²) in [6.45, 7) is 4.10. The van der Waals surface area contributed by atoms with Crippen LogP contribution >= 0.6 is 0 Å². The molecule has 2 atom stereocenters. The third-order valence-electron chi connectivity index (χ3n) is 3.22. The zero-order valence-electron chi connectivity index (χ0n) is 12.6. The molecule has 1 rings (SSSR count). The van der Waals surface area contributed by atoms with E-state index in [-0.39, 0.29) is 44.0 Å². The van der Waals surface area contributed by atoms with Crippen molar-refractivity contribution in [2.75, 3.05) is 20.2 Å². The fraction of sp³-hybridized carbons (Fsp3) is 0.769. The van der Waals surface area contributed by atoms with E-state index >= 15 is 0 Å². The van der Waals surface area contributed by atoms with Crippen LogP contribution in [0.3, 0.4) is 0 Å². The molecule has 8 nitrogen and oxygen atoms in total. The van der Waals surface area contributed by atoms with Gasteiger partial charge in [0.05, 0.1) is 6.10 Å². The number of carbonyl (C=O) groups is 3. The summed E-state index contributed by atoms with van der Waals surface area (Å²) in [6, 6.07) is -1.33. The normalized spacial score (nSPS) is 21.4. The molecule has 3 amide bonds. The Morgan fingerprint density at radius 1 is 1.38 bits per heavy atom. The second kappa shape index (κ2) is 7.82. The first-order valence-electron chi connectivity index (χ1n) is 6.94. The van der Waals surface area contributed by atoms with E-state index in [1.54, 1.807) is 0 Å². The maximum absolute atomic E-state index is 12.0. The second-order valence-corrected chi connectivity index (χ2v) is 5.30. The van der Waals surface area contributed by atoms with Crippen molar-refractivity contribution in [3.8, 4) is 0 Å². The predicted octanol–water partition coefficient (Wildman–Crippen LogP) is -0.215. The van der Waals surface area contributed by atoms with Crippen LogP contribution in [0.2, 0.25) is 0 Å². The Labute approximate surface area is 123 Å². The van der Waals surface area contributed by atoms with E-state index in [9.17, 15) is 14.4 Å². The molecular formula is C13H23N3O5. The SMILES string of the molecule is COC1CC(C(=O)O)N(C(=O)NCCC(=O)NC(C)C)C1. The largest absolute Gasteiger partial charge is 0.480 e. The zero-order valence-corrected chi connectivity index (χ0v) is 12.6. The van der Waals surface area contributed by atoms with Crippen molar-refractivity contribution in [1.29, 1.82) is 0 Å². The molecule has 2 unspecified atom stereocenters. The van der Waals surface area contributed by atoms with E-state index in [1.807, 2.05) is 13.8 Å². The van der Waals surface area contributed by atoms with Crippen LogP contribution in [0.4, 0.5) is 4.79 Å². The third kappa shape index (κ3) is 5.22. The number of ether oxygens (including phenoxy) is 1. The summed E-state index contributed by atoms with van der Waals surface area (Å²) in [5.41, 5.74) is 0. The van der Waals surface area contributed by atoms with Crippen LogP contribution in [0.25, 0.3) is 0 Å². The van der Waals surface area contributed by atoms with Gasteiger partial charge in [-0.1, -0.05) is 0 Å². The number of carboxylic acid groups (broad SMARTS) is 1. The number of urea groups is 1. The average molecular weight is 301 g/mol. The van der Waals surface area contributed by atoms with Crippen molar-refractivity contribution in [3.63, 3.8) is 0 Å². The number of rotatable bonds is 6. The van der Waals surface area contributed by atoms with E-state index in [1.165, 1.54) is 12.0 Å². The molecule has 8 heteroatoms. The van der Waals surface area contributed by atoms with E-state index < -0.39 is 18.0 Å². The molecule has 1 aliphatic heterocycles. The minimum atomic E-state index is -1.05. The molecule has 0 saturated carbocycles. The van der Waals surface area contributed by atoms with Gasteiger partial charge in [0.2, 0.25) is 5.91 Å². The van der Waals surface area contributed by atoms with Crippen LogP contribution in [0.5, 0.6) is 0 Å². The fourth-order valence-electron chi connectivity index (χ4n) is 2.21. The summed E-state index contributed by atoms with van der Waals surface area (Å²) in [5, 5.41) is 14.4. The van der Waals surface area contributed by atoms with Crippen LogP contribution in [0, 0.1) is 0 Å². The number of carbonyl (C=O) groups excluding carboxylic acids is 2. The summed E-state index contributed by atoms with van der Waals surface area (Å²) < 4.78 is 5.11. The molecule has 0 radical (unpaired) electrons. The van der Waals surface area contributed by atoms with E-state index in [4.69, 9.17) is 9.84 Å². The highest BCUT2D eigenvalue weighted by Gasteiger charge is 2.39. The van der Waals surface area contributed by atoms with Crippen LogP contribution in [0.1, 0.15) is 26.7 Å². The Bertz CT molecular complexity index is 399. The molecule has 0 aliphatic carbocycles. The van der Waals surface area contributed by atoms with Gasteiger partial charge in [0.15, 0.2) is 0 Å². The standard InChI is InChI=1S/C13H23N3O5/c1-8(2)15-11(17)4-5-14-13(20)16-7-9(21-3)6-10(16)12(18)19/h8-10H,4-7H2,1-3H3,(H,14,20)(H,15,17)(H,18,19). The number of carboxylic acids is 1. The lowest BCUT2D eigenvalue weighted by Crippen LogP contribution is -2.47. The zero-order chi connectivity index (χ0) is 16.0. The lowest BCUT2D eigenvalue weighted by molar-refractivity contribution is -0.141. The minimum absolute atomic E-state index is 0.0469. The Balaban J connectivity index is 2.43. The first-order valence-corrected chi connectivity index (χ1v) is 6.94. The quantitative estimate of drug-likeness (QED) is 0.629. The van der Waals surface area contributed by atoms with Gasteiger partial charge in [0.25, 0.3) is 0 Å². The predicted molar refractivity (Wildman–Crippen MR) is 74.8 cm³/mol. The number of nitrogens with one attached hydrogen (secondary N) is 2. The molecule has 120 valence electrons. The maximum atomic E-state index is 12.0. The molecule has 3 N–H and O–H groups in total. The van der Waals surface area contributed by atoms with Crippen molar-refractivity contribution in [3.05, 3.63) is 0 Å². The third-order valence-corrected chi connectivity index (χ3v) is 3.22. The van der Waals surface area contributed by atoms with Crippen molar-refractivity contribution in [2.45, 2.75) is 44.9 Å². The van der Waals surface area contributed by atoms with Crippen LogP contribution in [0.15, 0.2) is 0 Å². The topological polar surface area (TPSA) is 108 Å². The molecule has 0 spiro atoms. The first-order chi connectivity index (χ1) is 9.85. The monoisotopic (exact) mass is 301 g/mol. The Morgan fingerprint density at radius 3 is 2.57 bits per heavy atom. The summed E-state index contributed by atoms with van der Waals surface area (Å²) in [7, 11) is 1.49. The van der Waals surface area contributed by atoms with Gasteiger partial charge in [0.1, 0.15) is 6.04 Å². The van der Waals surface area contributed by atoms with Crippen LogP contribution in [-0.4, -0.2) is 66.3 Å². The molecule has 0 aromatic carbocycles. The number of likely N-dealkylation sites (tertiary alicyclic amines) is 1. The number of amides is 3. The van der Waals surface area contributed by atoms with Gasteiger partial charge in [-0.25, -0.2) is 9.59 Å². The van der Waals surface area contributed by atoms with E-state index in [2.05, 4.69) is 10.6 Å². The Morgan fingerprint density at radius 2 is 2.05 bits per heavy atom. The lowest BCUT2D eigenvalue weighted by atomic mass is 10.2. The summed E-state index contributed by atoms with van der Waals surface area (Å²) in [6.07, 6.45) is 0.150. The van der Waals surface area contributed by atoms with Crippen LogP contribution in [-0.2, 0) is 14.3 Å². The van der Waals surface area contributed by atoms with Gasteiger partial charge in [-0.3, -0.25) is 4.79 Å².